The van der Waals surface area contributed by atoms with Gasteiger partial charge in [-0.25, -0.2) is 10.9 Å². The maximum Gasteiger partial charge on any atom is 0.358 e. The van der Waals surface area contributed by atoms with Crippen LogP contribution in [0.15, 0.2) is 36.4 Å². The van der Waals surface area contributed by atoms with E-state index in [0.29, 0.717) is 44.2 Å². The van der Waals surface area contributed by atoms with Gasteiger partial charge in [-0.05, 0) is 49.9 Å². The Morgan fingerprint density at radius 1 is 0.825 bits per heavy atom. The third-order valence-corrected chi connectivity index (χ3v) is 6.75. The molecular weight excluding hydrogens is 561 g/mol. The second-order valence-corrected chi connectivity index (χ2v) is 9.71. The molecule has 2 aromatic heterocycles. The summed E-state index contributed by atoms with van der Waals surface area (Å²) >= 11 is 11.9. The summed E-state index contributed by atoms with van der Waals surface area (Å²) < 4.78 is 2.03. The fraction of sp³-hybridized carbons (Fsp3) is 0.280. The van der Waals surface area contributed by atoms with E-state index in [4.69, 9.17) is 23.2 Å². The largest absolute Gasteiger partial charge is 0.805 e. The third kappa shape index (κ3) is 5.70. The summed E-state index contributed by atoms with van der Waals surface area (Å²) in [4.78, 5) is 25.2. The standard InChI is InChI=1S/C25H23Cl2N9O4/c1-32(30-10-2-4-18-24(14-28)35(39)22-12-16(26)6-8-20(22)33(18)37)31-11-3-5-19-25(15-29)36(40)23-13-17(27)7-9-21(23)34(19)38/h6-9,12-13,30-31H,2-5,10-11H2,1H3. The van der Waals surface area contributed by atoms with Crippen LogP contribution in [0.1, 0.15) is 35.6 Å². The van der Waals surface area contributed by atoms with Gasteiger partial charge in [0.05, 0.1) is 8.85 Å². The second-order valence-electron chi connectivity index (χ2n) is 8.84. The quantitative estimate of drug-likeness (QED) is 0.161. The van der Waals surface area contributed by atoms with Crippen LogP contribution in [-0.4, -0.2) is 34.7 Å². The van der Waals surface area contributed by atoms with Crippen molar-refractivity contribution in [3.05, 3.63) is 89.4 Å². The average molecular weight is 584 g/mol. The molecule has 4 rings (SSSR count). The molecule has 0 amide bonds. The molecule has 13 nitrogen and oxygen atoms in total. The highest BCUT2D eigenvalue weighted by molar-refractivity contribution is 6.31. The molecule has 0 bridgehead atoms. The number of hydrogen-bond donors (Lipinski definition) is 2. The van der Waals surface area contributed by atoms with E-state index < -0.39 is 0 Å². The van der Waals surface area contributed by atoms with Gasteiger partial charge in [-0.3, -0.25) is 0 Å². The highest BCUT2D eigenvalue weighted by Gasteiger charge is 2.23. The SMILES string of the molecule is CN(NCCCc1c(C#N)[n+](=O)c2cc(Cl)ccc2n1[O-])NCCCc1c(C#N)[n+](=O)c2cc(Cl)ccc2n1[O-]. The zero-order valence-corrected chi connectivity index (χ0v) is 22.7. The van der Waals surface area contributed by atoms with Gasteiger partial charge in [-0.1, -0.05) is 23.2 Å². The van der Waals surface area contributed by atoms with E-state index in [2.05, 4.69) is 10.9 Å². The predicted molar refractivity (Wildman–Crippen MR) is 148 cm³/mol. The summed E-state index contributed by atoms with van der Waals surface area (Å²) in [6, 6.07) is 12.2. The summed E-state index contributed by atoms with van der Waals surface area (Å²) in [5.74, 6) is 0. The normalized spacial score (nSPS) is 11.2. The number of hydrogen-bond acceptors (Lipinski definition) is 9. The first-order chi connectivity index (χ1) is 19.2. The number of rotatable bonds is 10. The Hall–Kier alpha value is -4.24. The van der Waals surface area contributed by atoms with E-state index in [0.717, 1.165) is 0 Å². The van der Waals surface area contributed by atoms with E-state index in [1.165, 1.54) is 36.4 Å². The molecule has 0 aliphatic heterocycles. The Morgan fingerprint density at radius 2 is 1.23 bits per heavy atom. The lowest BCUT2D eigenvalue weighted by atomic mass is 10.1. The molecule has 0 saturated heterocycles. The molecule has 0 aliphatic rings. The van der Waals surface area contributed by atoms with Crippen molar-refractivity contribution in [2.45, 2.75) is 25.7 Å². The van der Waals surface area contributed by atoms with Crippen LogP contribution < -0.4 is 19.7 Å². The molecule has 0 fully saturated rings. The minimum Gasteiger partial charge on any atom is -0.805 e. The lowest BCUT2D eigenvalue weighted by Crippen LogP contribution is -2.46. The summed E-state index contributed by atoms with van der Waals surface area (Å²) in [5, 5.41) is 46.8. The maximum atomic E-state index is 12.8. The van der Waals surface area contributed by atoms with Crippen LogP contribution in [0.25, 0.3) is 22.1 Å². The monoisotopic (exact) mass is 583 g/mol. The highest BCUT2D eigenvalue weighted by atomic mass is 35.5. The van der Waals surface area contributed by atoms with Gasteiger partial charge in [0, 0.05) is 52.1 Å². The Balaban J connectivity index is 1.32. The number of aromatic nitrogens is 4. The van der Waals surface area contributed by atoms with E-state index in [1.807, 2.05) is 12.1 Å². The van der Waals surface area contributed by atoms with E-state index in [1.54, 1.807) is 12.2 Å². The highest BCUT2D eigenvalue weighted by Crippen LogP contribution is 2.20. The van der Waals surface area contributed by atoms with Crippen LogP contribution in [0.4, 0.5) is 0 Å². The molecule has 0 aliphatic carbocycles. The minimum atomic E-state index is -0.278. The lowest BCUT2D eigenvalue weighted by molar-refractivity contribution is -0.469. The number of nitrogens with one attached hydrogen (secondary N) is 2. The zero-order chi connectivity index (χ0) is 29.0. The van der Waals surface area contributed by atoms with Crippen molar-refractivity contribution < 1.29 is 8.85 Å². The summed E-state index contributed by atoms with van der Waals surface area (Å²) in [5.41, 5.74) is 6.02. The molecule has 0 saturated carbocycles. The van der Waals surface area contributed by atoms with Crippen LogP contribution in [0, 0.1) is 42.9 Å². The fourth-order valence-electron chi connectivity index (χ4n) is 4.34. The second kappa shape index (κ2) is 12.3. The topological polar surface area (TPSA) is 177 Å². The molecule has 0 radical (unpaired) electrons. The van der Waals surface area contributed by atoms with Crippen molar-refractivity contribution in [3.63, 3.8) is 0 Å². The van der Waals surface area contributed by atoms with Gasteiger partial charge >= 0.3 is 11.4 Å². The number of hydrazine groups is 2. The van der Waals surface area contributed by atoms with Crippen LogP contribution >= 0.6 is 23.2 Å². The molecule has 40 heavy (non-hydrogen) atoms. The molecule has 0 spiro atoms. The number of benzene rings is 2. The first-order valence-corrected chi connectivity index (χ1v) is 12.9. The molecule has 15 heteroatoms. The number of nitriles is 2. The molecule has 2 aromatic carbocycles. The molecular formula is C25H23Cl2N9O4. The smallest absolute Gasteiger partial charge is 0.358 e. The Labute approximate surface area is 237 Å². The van der Waals surface area contributed by atoms with Gasteiger partial charge in [0.1, 0.15) is 22.4 Å². The predicted octanol–water partition coefficient (Wildman–Crippen LogP) is 2.67. The van der Waals surface area contributed by atoms with Gasteiger partial charge < -0.3 is 19.9 Å². The Morgan fingerprint density at radius 3 is 1.60 bits per heavy atom. The third-order valence-electron chi connectivity index (χ3n) is 6.28. The number of halogens is 2. The number of fused-ring (bicyclic) bond motifs is 2. The molecule has 2 N–H and O–H groups in total. The number of nitrogens with zero attached hydrogens (tertiary/aromatic N) is 7. The van der Waals surface area contributed by atoms with Crippen LogP contribution in [-0.2, 0) is 12.8 Å². The van der Waals surface area contributed by atoms with Gasteiger partial charge in [0.2, 0.25) is 0 Å². The van der Waals surface area contributed by atoms with E-state index in [-0.39, 0.29) is 67.7 Å². The molecule has 4 aromatic rings. The van der Waals surface area contributed by atoms with Crippen molar-refractivity contribution in [3.8, 4) is 12.1 Å². The first kappa shape index (κ1) is 28.8. The van der Waals surface area contributed by atoms with Crippen molar-refractivity contribution in [2.24, 2.45) is 0 Å². The molecule has 206 valence electrons. The van der Waals surface area contributed by atoms with Crippen molar-refractivity contribution in [2.75, 3.05) is 20.1 Å². The van der Waals surface area contributed by atoms with Crippen LogP contribution in [0.5, 0.6) is 0 Å². The van der Waals surface area contributed by atoms with Gasteiger partial charge in [0.15, 0.2) is 12.1 Å². The van der Waals surface area contributed by atoms with Crippen LogP contribution in [0.2, 0.25) is 10.0 Å². The maximum absolute atomic E-state index is 12.8. The van der Waals surface area contributed by atoms with Crippen LogP contribution in [0.3, 0.4) is 0 Å². The molecule has 0 unspecified atom stereocenters. The minimum absolute atomic E-state index is 0.0207. The van der Waals surface area contributed by atoms with E-state index >= 15 is 0 Å². The van der Waals surface area contributed by atoms with Gasteiger partial charge in [-0.2, -0.15) is 15.6 Å². The van der Waals surface area contributed by atoms with Crippen molar-refractivity contribution >= 4 is 45.3 Å². The molecule has 0 atom stereocenters. The summed E-state index contributed by atoms with van der Waals surface area (Å²) in [6.07, 6.45) is 1.23. The van der Waals surface area contributed by atoms with Gasteiger partial charge in [-0.15, -0.1) is 0 Å². The van der Waals surface area contributed by atoms with Crippen molar-refractivity contribution in [1.29, 1.82) is 10.5 Å². The van der Waals surface area contributed by atoms with Crippen molar-refractivity contribution in [1.82, 2.24) is 25.4 Å². The fourth-order valence-corrected chi connectivity index (χ4v) is 4.67. The summed E-state index contributed by atoms with van der Waals surface area (Å²) in [6.45, 7) is 0.822. The van der Waals surface area contributed by atoms with E-state index in [9.17, 15) is 30.8 Å². The Kier molecular flexibility index (Phi) is 8.84. The molecule has 2 heterocycles. The first-order valence-electron chi connectivity index (χ1n) is 12.1. The average Bonchev–Trinajstić information content (AvgIpc) is 2.94. The zero-order valence-electron chi connectivity index (χ0n) is 21.2. The van der Waals surface area contributed by atoms with Gasteiger partial charge in [0.25, 0.3) is 11.0 Å². The summed E-state index contributed by atoms with van der Waals surface area (Å²) in [7, 11) is 1.72. The Bertz CT molecular complexity index is 1680. The lowest BCUT2D eigenvalue weighted by Gasteiger charge is -2.21.